The van der Waals surface area contributed by atoms with Crippen LogP contribution in [0.1, 0.15) is 24.2 Å². The van der Waals surface area contributed by atoms with Gasteiger partial charge in [0.2, 0.25) is 5.91 Å². The number of nitrogens with one attached hydrogen (secondary N) is 1. The lowest BCUT2D eigenvalue weighted by atomic mass is 10.1. The summed E-state index contributed by atoms with van der Waals surface area (Å²) in [6, 6.07) is 9.19. The van der Waals surface area contributed by atoms with Crippen molar-refractivity contribution in [2.45, 2.75) is 32.9 Å². The van der Waals surface area contributed by atoms with Gasteiger partial charge in [-0.05, 0) is 37.1 Å². The lowest BCUT2D eigenvalue weighted by Gasteiger charge is -2.08. The number of nitrogens with zero attached hydrogens (tertiary/aromatic N) is 2. The number of carbonyl (C=O) groups excluding carboxylic acids is 1. The zero-order valence-corrected chi connectivity index (χ0v) is 15.3. The second kappa shape index (κ2) is 9.14. The molecule has 0 saturated carbocycles. The maximum absolute atomic E-state index is 12.5. The van der Waals surface area contributed by atoms with Crippen LogP contribution in [0.3, 0.4) is 0 Å². The molecule has 1 amide bonds. The summed E-state index contributed by atoms with van der Waals surface area (Å²) in [5.74, 6) is 0.681. The summed E-state index contributed by atoms with van der Waals surface area (Å²) >= 11 is 0. The molecule has 27 heavy (non-hydrogen) atoms. The molecule has 1 aromatic carbocycles. The van der Waals surface area contributed by atoms with Gasteiger partial charge in [0.05, 0.1) is 23.5 Å². The average Bonchev–Trinajstić information content (AvgIpc) is 3.18. The van der Waals surface area contributed by atoms with Crippen molar-refractivity contribution in [3.8, 4) is 0 Å². The molecular weight excluding hydrogens is 346 g/mol. The van der Waals surface area contributed by atoms with Gasteiger partial charge in [-0.1, -0.05) is 12.1 Å². The fourth-order valence-corrected chi connectivity index (χ4v) is 2.78. The SMILES string of the molecule is Cc1cccc2c(=O)n(CCC(=O)NCCCOCc3ccco3)cnc12. The number of benzene rings is 1. The average molecular weight is 369 g/mol. The third-order valence-electron chi connectivity index (χ3n) is 4.25. The Balaban J connectivity index is 1.39. The highest BCUT2D eigenvalue weighted by Crippen LogP contribution is 2.11. The Morgan fingerprint density at radius 2 is 2.19 bits per heavy atom. The van der Waals surface area contributed by atoms with Crippen molar-refractivity contribution in [2.24, 2.45) is 0 Å². The van der Waals surface area contributed by atoms with E-state index in [0.29, 0.717) is 43.6 Å². The molecule has 0 aliphatic carbocycles. The highest BCUT2D eigenvalue weighted by molar-refractivity contribution is 5.80. The zero-order chi connectivity index (χ0) is 19.1. The Morgan fingerprint density at radius 3 is 3.00 bits per heavy atom. The van der Waals surface area contributed by atoms with Crippen LogP contribution in [0.15, 0.2) is 52.1 Å². The zero-order valence-electron chi connectivity index (χ0n) is 15.3. The van der Waals surface area contributed by atoms with Crippen molar-refractivity contribution in [2.75, 3.05) is 13.2 Å². The van der Waals surface area contributed by atoms with Crippen LogP contribution in [0.2, 0.25) is 0 Å². The first kappa shape index (κ1) is 18.8. The van der Waals surface area contributed by atoms with Crippen molar-refractivity contribution >= 4 is 16.8 Å². The minimum Gasteiger partial charge on any atom is -0.467 e. The van der Waals surface area contributed by atoms with Gasteiger partial charge in [-0.15, -0.1) is 0 Å². The maximum Gasteiger partial charge on any atom is 0.261 e. The Morgan fingerprint density at radius 1 is 1.30 bits per heavy atom. The molecule has 0 bridgehead atoms. The third kappa shape index (κ3) is 5.04. The molecule has 7 nitrogen and oxygen atoms in total. The van der Waals surface area contributed by atoms with Gasteiger partial charge < -0.3 is 14.5 Å². The largest absolute Gasteiger partial charge is 0.467 e. The summed E-state index contributed by atoms with van der Waals surface area (Å²) in [5, 5.41) is 3.41. The topological polar surface area (TPSA) is 86.4 Å². The standard InChI is InChI=1S/C20H23N3O4/c1-15-5-2-7-17-19(15)22-14-23(20(17)25)10-8-18(24)21-9-4-11-26-13-16-6-3-12-27-16/h2-3,5-7,12,14H,4,8-11,13H2,1H3,(H,21,24). The van der Waals surface area contributed by atoms with Crippen LogP contribution in [0, 0.1) is 6.92 Å². The van der Waals surface area contributed by atoms with Gasteiger partial charge in [0, 0.05) is 26.1 Å². The lowest BCUT2D eigenvalue weighted by Crippen LogP contribution is -2.28. The Labute approximate surface area is 157 Å². The summed E-state index contributed by atoms with van der Waals surface area (Å²) in [4.78, 5) is 28.8. The van der Waals surface area contributed by atoms with Crippen LogP contribution in [-0.2, 0) is 22.7 Å². The van der Waals surface area contributed by atoms with Crippen molar-refractivity contribution < 1.29 is 13.9 Å². The molecule has 142 valence electrons. The number of aryl methyl sites for hydroxylation is 2. The van der Waals surface area contributed by atoms with E-state index in [-0.39, 0.29) is 17.9 Å². The predicted molar refractivity (Wildman–Crippen MR) is 101 cm³/mol. The van der Waals surface area contributed by atoms with Crippen LogP contribution in [0.5, 0.6) is 0 Å². The van der Waals surface area contributed by atoms with Gasteiger partial charge in [0.1, 0.15) is 12.4 Å². The van der Waals surface area contributed by atoms with Gasteiger partial charge in [0.25, 0.3) is 5.56 Å². The van der Waals surface area contributed by atoms with Crippen molar-refractivity contribution in [1.29, 1.82) is 0 Å². The molecule has 3 rings (SSSR count). The van der Waals surface area contributed by atoms with Crippen LogP contribution >= 0.6 is 0 Å². The molecule has 2 heterocycles. The number of amides is 1. The normalized spacial score (nSPS) is 11.0. The fraction of sp³-hybridized carbons (Fsp3) is 0.350. The van der Waals surface area contributed by atoms with Gasteiger partial charge >= 0.3 is 0 Å². The first-order valence-electron chi connectivity index (χ1n) is 8.97. The molecule has 0 spiro atoms. The number of rotatable bonds is 9. The molecule has 0 atom stereocenters. The number of aromatic nitrogens is 2. The van der Waals surface area contributed by atoms with Crippen LogP contribution in [-0.4, -0.2) is 28.6 Å². The molecule has 0 radical (unpaired) electrons. The van der Waals surface area contributed by atoms with Crippen molar-refractivity contribution in [1.82, 2.24) is 14.9 Å². The predicted octanol–water partition coefficient (Wildman–Crippen LogP) is 2.41. The number of hydrogen-bond donors (Lipinski definition) is 1. The van der Waals surface area contributed by atoms with E-state index in [0.717, 1.165) is 11.3 Å². The molecular formula is C20H23N3O4. The molecule has 0 saturated heterocycles. The molecule has 0 unspecified atom stereocenters. The van der Waals surface area contributed by atoms with Crippen LogP contribution in [0.4, 0.5) is 0 Å². The number of para-hydroxylation sites is 1. The summed E-state index contributed by atoms with van der Waals surface area (Å²) in [6.07, 6.45) is 4.05. The van der Waals surface area contributed by atoms with Crippen molar-refractivity contribution in [3.05, 3.63) is 64.6 Å². The van der Waals surface area contributed by atoms with E-state index in [2.05, 4.69) is 10.3 Å². The van der Waals surface area contributed by atoms with Crippen molar-refractivity contribution in [3.63, 3.8) is 0 Å². The quantitative estimate of drug-likeness (QED) is 0.586. The number of furan rings is 1. The van der Waals surface area contributed by atoms with Crippen LogP contribution in [0.25, 0.3) is 10.9 Å². The lowest BCUT2D eigenvalue weighted by molar-refractivity contribution is -0.121. The molecule has 0 aliphatic heterocycles. The minimum atomic E-state index is -0.122. The second-order valence-corrected chi connectivity index (χ2v) is 6.30. The number of carbonyl (C=O) groups is 1. The van der Waals surface area contributed by atoms with E-state index in [1.165, 1.54) is 10.9 Å². The molecule has 3 aromatic rings. The van der Waals surface area contributed by atoms with E-state index in [9.17, 15) is 9.59 Å². The van der Waals surface area contributed by atoms with E-state index in [1.54, 1.807) is 12.3 Å². The molecule has 0 fully saturated rings. The highest BCUT2D eigenvalue weighted by atomic mass is 16.5. The third-order valence-corrected chi connectivity index (χ3v) is 4.25. The van der Waals surface area contributed by atoms with Gasteiger partial charge in [-0.25, -0.2) is 4.98 Å². The van der Waals surface area contributed by atoms with E-state index >= 15 is 0 Å². The second-order valence-electron chi connectivity index (χ2n) is 6.30. The smallest absolute Gasteiger partial charge is 0.261 e. The summed E-state index contributed by atoms with van der Waals surface area (Å²) in [6.45, 7) is 3.72. The number of fused-ring (bicyclic) bond motifs is 1. The molecule has 2 aromatic heterocycles. The Hall–Kier alpha value is -2.93. The van der Waals surface area contributed by atoms with E-state index < -0.39 is 0 Å². The Kier molecular flexibility index (Phi) is 6.38. The summed E-state index contributed by atoms with van der Waals surface area (Å²) in [5.41, 5.74) is 1.55. The van der Waals surface area contributed by atoms with E-state index in [1.807, 2.05) is 31.2 Å². The molecule has 7 heteroatoms. The minimum absolute atomic E-state index is 0.0997. The first-order chi connectivity index (χ1) is 13.1. The van der Waals surface area contributed by atoms with Gasteiger partial charge in [0.15, 0.2) is 0 Å². The maximum atomic E-state index is 12.5. The summed E-state index contributed by atoms with van der Waals surface area (Å²) < 4.78 is 12.1. The Bertz CT molecular complexity index is 948. The van der Waals surface area contributed by atoms with Gasteiger partial charge in [-0.3, -0.25) is 14.2 Å². The monoisotopic (exact) mass is 369 g/mol. The first-order valence-corrected chi connectivity index (χ1v) is 8.97. The van der Waals surface area contributed by atoms with Gasteiger partial charge in [-0.2, -0.15) is 0 Å². The number of ether oxygens (including phenoxy) is 1. The highest BCUT2D eigenvalue weighted by Gasteiger charge is 2.07. The number of hydrogen-bond acceptors (Lipinski definition) is 5. The molecule has 0 aliphatic rings. The van der Waals surface area contributed by atoms with Crippen LogP contribution < -0.4 is 10.9 Å². The molecule has 1 N–H and O–H groups in total. The van der Waals surface area contributed by atoms with E-state index in [4.69, 9.17) is 9.15 Å². The summed E-state index contributed by atoms with van der Waals surface area (Å²) in [7, 11) is 0. The fourth-order valence-electron chi connectivity index (χ4n) is 2.78.